The predicted molar refractivity (Wildman–Crippen MR) is 132 cm³/mol. The van der Waals surface area contributed by atoms with Crippen LogP contribution in [-0.4, -0.2) is 58.0 Å². The number of carbonyl (C=O) groups excluding carboxylic acids is 2. The molecule has 0 radical (unpaired) electrons. The number of carbonyl (C=O) groups is 2. The molecule has 1 amide bonds. The minimum atomic E-state index is -0.817. The Kier molecular flexibility index (Phi) is 8.20. The molecule has 1 aliphatic rings. The summed E-state index contributed by atoms with van der Waals surface area (Å²) in [5, 5.41) is 17.1. The van der Waals surface area contributed by atoms with Crippen LogP contribution in [0.4, 0.5) is 11.4 Å². The zero-order valence-electron chi connectivity index (χ0n) is 21.1. The van der Waals surface area contributed by atoms with Crippen molar-refractivity contribution in [3.05, 3.63) is 18.0 Å². The molecule has 2 aromatic heterocycles. The number of ether oxygens (including phenoxy) is 2. The van der Waals surface area contributed by atoms with Crippen LogP contribution in [0.25, 0.3) is 11.0 Å². The van der Waals surface area contributed by atoms with Gasteiger partial charge in [-0.2, -0.15) is 0 Å². The number of nitrogens with one attached hydrogen (secondary N) is 2. The largest absolute Gasteiger partial charge is 0.464 e. The molecule has 2 aromatic rings. The second-order valence-electron chi connectivity index (χ2n) is 9.92. The third-order valence-corrected chi connectivity index (χ3v) is 6.21. The van der Waals surface area contributed by atoms with Crippen molar-refractivity contribution in [1.29, 1.82) is 0 Å². The number of methoxy groups -OCH3 is 1. The smallest absolute Gasteiger partial charge is 0.356 e. The zero-order valence-corrected chi connectivity index (χ0v) is 21.1. The Bertz CT molecular complexity index is 1020. The summed E-state index contributed by atoms with van der Waals surface area (Å²) < 4.78 is 12.7. The molecule has 1 fully saturated rings. The first-order valence-electron chi connectivity index (χ1n) is 12.1. The van der Waals surface area contributed by atoms with Gasteiger partial charge in [0.1, 0.15) is 5.65 Å². The van der Waals surface area contributed by atoms with Gasteiger partial charge in [-0.1, -0.05) is 13.8 Å². The fourth-order valence-corrected chi connectivity index (χ4v) is 4.43. The number of nitrogens with zero attached hydrogens (tertiary/aromatic N) is 2. The van der Waals surface area contributed by atoms with Gasteiger partial charge in [-0.25, -0.2) is 9.78 Å². The molecule has 188 valence electrons. The Balaban J connectivity index is 2.10. The van der Waals surface area contributed by atoms with Gasteiger partial charge in [0.25, 0.3) is 0 Å². The van der Waals surface area contributed by atoms with Gasteiger partial charge in [0.2, 0.25) is 5.91 Å². The van der Waals surface area contributed by atoms with Crippen molar-refractivity contribution in [2.24, 2.45) is 5.92 Å². The number of aliphatic hydroxyl groups is 1. The Morgan fingerprint density at radius 3 is 2.71 bits per heavy atom. The highest BCUT2D eigenvalue weighted by Gasteiger charge is 2.29. The number of hydrogen-bond donors (Lipinski definition) is 3. The van der Waals surface area contributed by atoms with Crippen molar-refractivity contribution >= 4 is 34.3 Å². The first-order valence-corrected chi connectivity index (χ1v) is 12.1. The van der Waals surface area contributed by atoms with E-state index in [1.54, 1.807) is 24.6 Å². The summed E-state index contributed by atoms with van der Waals surface area (Å²) >= 11 is 0. The maximum Gasteiger partial charge on any atom is 0.356 e. The Labute approximate surface area is 201 Å². The number of amides is 1. The van der Waals surface area contributed by atoms with Crippen LogP contribution in [-0.2, 0) is 20.8 Å². The normalized spacial score (nSPS) is 18.0. The molecule has 3 atom stereocenters. The van der Waals surface area contributed by atoms with E-state index in [0.29, 0.717) is 42.7 Å². The fraction of sp³-hybridized carbons (Fsp3) is 0.640. The second kappa shape index (κ2) is 10.7. The molecule has 3 unspecified atom stereocenters. The van der Waals surface area contributed by atoms with Crippen LogP contribution < -0.4 is 10.6 Å². The van der Waals surface area contributed by atoms with Crippen molar-refractivity contribution in [3.8, 4) is 0 Å². The number of hydrogen-bond acceptors (Lipinski definition) is 7. The van der Waals surface area contributed by atoms with Crippen LogP contribution in [0, 0.1) is 5.92 Å². The second-order valence-corrected chi connectivity index (χ2v) is 9.92. The summed E-state index contributed by atoms with van der Waals surface area (Å²) in [7, 11) is 1.33. The van der Waals surface area contributed by atoms with Gasteiger partial charge in [-0.15, -0.1) is 0 Å². The molecule has 34 heavy (non-hydrogen) atoms. The minimum absolute atomic E-state index is 0.0218. The third-order valence-electron chi connectivity index (χ3n) is 6.21. The quantitative estimate of drug-likeness (QED) is 0.447. The average molecular weight is 475 g/mol. The fourth-order valence-electron chi connectivity index (χ4n) is 4.43. The monoisotopic (exact) mass is 474 g/mol. The predicted octanol–water partition coefficient (Wildman–Crippen LogP) is 3.95. The lowest BCUT2D eigenvalue weighted by Gasteiger charge is -2.23. The summed E-state index contributed by atoms with van der Waals surface area (Å²) in [6.07, 6.45) is 4.74. The van der Waals surface area contributed by atoms with E-state index in [9.17, 15) is 14.7 Å². The zero-order chi connectivity index (χ0) is 25.0. The molecule has 1 aliphatic heterocycles. The first-order chi connectivity index (χ1) is 16.0. The van der Waals surface area contributed by atoms with E-state index in [4.69, 9.17) is 9.47 Å². The van der Waals surface area contributed by atoms with Crippen molar-refractivity contribution in [2.75, 3.05) is 24.4 Å². The maximum atomic E-state index is 12.9. The summed E-state index contributed by atoms with van der Waals surface area (Å²) in [6, 6.07) is 1.86. The number of pyridine rings is 1. The molecular weight excluding hydrogens is 436 g/mol. The van der Waals surface area contributed by atoms with Gasteiger partial charge in [0, 0.05) is 24.0 Å². The Morgan fingerprint density at radius 1 is 1.38 bits per heavy atom. The molecule has 0 aromatic carbocycles. The van der Waals surface area contributed by atoms with Gasteiger partial charge in [0.05, 0.1) is 42.9 Å². The van der Waals surface area contributed by atoms with E-state index < -0.39 is 11.6 Å². The summed E-state index contributed by atoms with van der Waals surface area (Å²) in [5.41, 5.74) is 1.16. The number of aromatic nitrogens is 2. The third kappa shape index (κ3) is 6.07. The van der Waals surface area contributed by atoms with Crippen LogP contribution in [0.3, 0.4) is 0 Å². The molecular formula is C25H38N4O5. The van der Waals surface area contributed by atoms with Crippen molar-refractivity contribution in [1.82, 2.24) is 9.55 Å². The molecule has 0 aliphatic carbocycles. The van der Waals surface area contributed by atoms with Crippen LogP contribution in [0.1, 0.15) is 70.8 Å². The van der Waals surface area contributed by atoms with Crippen molar-refractivity contribution in [2.45, 2.75) is 84.6 Å². The maximum absolute atomic E-state index is 12.9. The van der Waals surface area contributed by atoms with Gasteiger partial charge < -0.3 is 29.8 Å². The van der Waals surface area contributed by atoms with Crippen LogP contribution in [0.5, 0.6) is 0 Å². The van der Waals surface area contributed by atoms with E-state index in [-0.39, 0.29) is 29.7 Å². The van der Waals surface area contributed by atoms with Crippen molar-refractivity contribution in [3.63, 3.8) is 0 Å². The van der Waals surface area contributed by atoms with E-state index in [1.165, 1.54) is 7.11 Å². The molecule has 9 heteroatoms. The summed E-state index contributed by atoms with van der Waals surface area (Å²) in [5.74, 6) is -0.930. The lowest BCUT2D eigenvalue weighted by Crippen LogP contribution is -2.29. The molecule has 3 heterocycles. The lowest BCUT2D eigenvalue weighted by molar-refractivity contribution is -0.119. The first kappa shape index (κ1) is 26.0. The van der Waals surface area contributed by atoms with Crippen molar-refractivity contribution < 1.29 is 24.2 Å². The van der Waals surface area contributed by atoms with Gasteiger partial charge in [-0.3, -0.25) is 4.79 Å². The molecule has 3 rings (SSSR count). The van der Waals surface area contributed by atoms with E-state index >= 15 is 0 Å². The minimum Gasteiger partial charge on any atom is -0.464 e. The molecule has 9 nitrogen and oxygen atoms in total. The topological polar surface area (TPSA) is 115 Å². The number of fused-ring (bicyclic) bond motifs is 1. The van der Waals surface area contributed by atoms with Gasteiger partial charge in [-0.05, 0) is 52.5 Å². The van der Waals surface area contributed by atoms with E-state index in [1.807, 2.05) is 26.8 Å². The number of anilines is 2. The SMILES string of the molecule is CCC(C)C(=O)Nc1c(C(=O)OC)n(CC2CCCO2)c2ncc(NC(C)CC(C)(C)O)cc12. The highest BCUT2D eigenvalue weighted by molar-refractivity contribution is 6.11. The molecule has 3 N–H and O–H groups in total. The Morgan fingerprint density at radius 2 is 2.12 bits per heavy atom. The highest BCUT2D eigenvalue weighted by atomic mass is 16.5. The van der Waals surface area contributed by atoms with Crippen LogP contribution in [0.2, 0.25) is 0 Å². The molecule has 0 bridgehead atoms. The number of esters is 1. The molecule has 1 saturated heterocycles. The molecule has 0 spiro atoms. The molecule has 0 saturated carbocycles. The van der Waals surface area contributed by atoms with Gasteiger partial charge in [0.15, 0.2) is 5.69 Å². The average Bonchev–Trinajstić information content (AvgIpc) is 3.38. The van der Waals surface area contributed by atoms with E-state index in [0.717, 1.165) is 18.5 Å². The summed E-state index contributed by atoms with van der Waals surface area (Å²) in [4.78, 5) is 30.5. The van der Waals surface area contributed by atoms with Crippen LogP contribution in [0.15, 0.2) is 12.3 Å². The standard InChI is InChI=1S/C25H38N4O5/c1-7-15(2)23(30)28-20-19-11-17(27-16(3)12-25(4,5)32)13-26-22(19)29(21(20)24(31)33-6)14-18-9-8-10-34-18/h11,13,15-16,18,27,32H,7-10,12,14H2,1-6H3,(H,28,30). The lowest BCUT2D eigenvalue weighted by atomic mass is 10.0. The van der Waals surface area contributed by atoms with Crippen LogP contribution >= 0.6 is 0 Å². The summed E-state index contributed by atoms with van der Waals surface area (Å²) in [6.45, 7) is 10.4. The van der Waals surface area contributed by atoms with Gasteiger partial charge >= 0.3 is 5.97 Å². The highest BCUT2D eigenvalue weighted by Crippen LogP contribution is 2.34. The van der Waals surface area contributed by atoms with E-state index in [2.05, 4.69) is 15.6 Å². The Hall–Kier alpha value is -2.65. The number of rotatable bonds is 10.